The van der Waals surface area contributed by atoms with E-state index in [0.717, 1.165) is 5.46 Å². The van der Waals surface area contributed by atoms with Gasteiger partial charge in [0.05, 0.1) is 28.1 Å². The van der Waals surface area contributed by atoms with Crippen LogP contribution in [0.4, 0.5) is 13.2 Å². The lowest BCUT2D eigenvalue weighted by Crippen LogP contribution is -2.41. The number of nitrogens with zero attached hydrogens (tertiary/aromatic N) is 1. The minimum Gasteiger partial charge on any atom is -0.399 e. The highest BCUT2D eigenvalue weighted by molar-refractivity contribution is 7.83. The van der Waals surface area contributed by atoms with Gasteiger partial charge in [0.1, 0.15) is 0 Å². The summed E-state index contributed by atoms with van der Waals surface area (Å²) in [6.45, 7) is 16.0. The normalized spacial score (nSPS) is 21.1. The van der Waals surface area contributed by atoms with Crippen molar-refractivity contribution in [2.75, 3.05) is 0 Å². The van der Waals surface area contributed by atoms with E-state index in [0.29, 0.717) is 17.4 Å². The van der Waals surface area contributed by atoms with Crippen LogP contribution < -0.4 is 10.6 Å². The molecule has 2 heterocycles. The summed E-state index contributed by atoms with van der Waals surface area (Å²) in [7, 11) is -2.46. The highest BCUT2D eigenvalue weighted by atomic mass is 32.2. The minimum absolute atomic E-state index is 0.163. The van der Waals surface area contributed by atoms with E-state index in [9.17, 15) is 17.4 Å². The van der Waals surface area contributed by atoms with Gasteiger partial charge in [0, 0.05) is 28.9 Å². The lowest BCUT2D eigenvalue weighted by Gasteiger charge is -2.32. The highest BCUT2D eigenvalue weighted by Gasteiger charge is 2.52. The molecule has 34 heavy (non-hydrogen) atoms. The van der Waals surface area contributed by atoms with Crippen molar-refractivity contribution in [3.63, 3.8) is 0 Å². The predicted molar refractivity (Wildman–Crippen MR) is 132 cm³/mol. The molecule has 3 atom stereocenters. The number of benzene rings is 1. The Morgan fingerprint density at radius 1 is 1.12 bits per heavy atom. The van der Waals surface area contributed by atoms with E-state index in [1.54, 1.807) is 18.3 Å². The van der Waals surface area contributed by atoms with Gasteiger partial charge in [0.2, 0.25) is 0 Å². The zero-order valence-electron chi connectivity index (χ0n) is 21.2. The maximum Gasteiger partial charge on any atom is 0.494 e. The van der Waals surface area contributed by atoms with Gasteiger partial charge in [-0.3, -0.25) is 5.14 Å². The van der Waals surface area contributed by atoms with Crippen LogP contribution in [0, 0.1) is 5.41 Å². The zero-order valence-corrected chi connectivity index (χ0v) is 22.1. The Morgan fingerprint density at radius 3 is 2.15 bits per heavy atom. The monoisotopic (exact) mass is 500 g/mol. The SMILES string of the molecule is CC(C[C@@H](c1cn(CC(C)(C)C)c2cc(B3OC(C)(C)C(C)(C)O3)ccc12)C(F)(F)F)S(N)=O. The summed E-state index contributed by atoms with van der Waals surface area (Å²) < 4.78 is 68.5. The van der Waals surface area contributed by atoms with Crippen LogP contribution in [0.15, 0.2) is 24.4 Å². The van der Waals surface area contributed by atoms with Gasteiger partial charge >= 0.3 is 13.3 Å². The number of halogens is 3. The molecule has 2 unspecified atom stereocenters. The number of rotatable bonds is 6. The molecule has 190 valence electrons. The third-order valence-electron chi connectivity index (χ3n) is 6.84. The smallest absolute Gasteiger partial charge is 0.399 e. The van der Waals surface area contributed by atoms with Crippen LogP contribution in [0.25, 0.3) is 10.9 Å². The molecule has 5 nitrogen and oxygen atoms in total. The molecule has 2 aromatic rings. The summed E-state index contributed by atoms with van der Waals surface area (Å²) in [5, 5.41) is 5.13. The zero-order chi connectivity index (χ0) is 25.9. The first-order chi connectivity index (χ1) is 15.3. The number of aromatic nitrogens is 1. The molecule has 0 radical (unpaired) electrons. The average Bonchev–Trinajstić information content (AvgIpc) is 3.10. The molecule has 0 spiro atoms. The van der Waals surface area contributed by atoms with Gasteiger partial charge in [-0.15, -0.1) is 0 Å². The van der Waals surface area contributed by atoms with Crippen LogP contribution in [-0.4, -0.2) is 38.5 Å². The average molecular weight is 500 g/mol. The molecule has 0 saturated carbocycles. The van der Waals surface area contributed by atoms with Gasteiger partial charge < -0.3 is 13.9 Å². The van der Waals surface area contributed by atoms with E-state index in [1.165, 1.54) is 6.92 Å². The molecule has 0 aliphatic carbocycles. The molecular formula is C24H36BF3N2O3S. The third kappa shape index (κ3) is 5.55. The molecule has 3 rings (SSSR count). The van der Waals surface area contributed by atoms with E-state index < -0.39 is 46.7 Å². The first-order valence-corrected chi connectivity index (χ1v) is 12.8. The maximum absolute atomic E-state index is 14.2. The van der Waals surface area contributed by atoms with Gasteiger partial charge in [0.15, 0.2) is 0 Å². The Balaban J connectivity index is 2.14. The van der Waals surface area contributed by atoms with Crippen LogP contribution >= 0.6 is 0 Å². The van der Waals surface area contributed by atoms with Crippen molar-refractivity contribution in [3.05, 3.63) is 30.0 Å². The second-order valence-corrected chi connectivity index (χ2v) is 13.1. The van der Waals surface area contributed by atoms with Gasteiger partial charge in [-0.05, 0) is 63.5 Å². The molecule has 1 aromatic carbocycles. The van der Waals surface area contributed by atoms with Crippen LogP contribution in [-0.2, 0) is 26.8 Å². The Morgan fingerprint density at radius 2 is 1.68 bits per heavy atom. The summed E-state index contributed by atoms with van der Waals surface area (Å²) in [6, 6.07) is 5.35. The van der Waals surface area contributed by atoms with Crippen molar-refractivity contribution in [2.24, 2.45) is 10.6 Å². The van der Waals surface area contributed by atoms with E-state index in [2.05, 4.69) is 0 Å². The van der Waals surface area contributed by atoms with Gasteiger partial charge in [-0.2, -0.15) is 13.2 Å². The molecular weight excluding hydrogens is 464 g/mol. The fraction of sp³-hybridized carbons (Fsp3) is 0.667. The summed E-state index contributed by atoms with van der Waals surface area (Å²) in [4.78, 5) is 0. The van der Waals surface area contributed by atoms with E-state index in [1.807, 2.05) is 59.1 Å². The number of alkyl halides is 3. The molecule has 10 heteroatoms. The maximum atomic E-state index is 14.2. The predicted octanol–water partition coefficient (Wildman–Crippen LogP) is 5.03. The molecule has 1 aliphatic heterocycles. The lowest BCUT2D eigenvalue weighted by atomic mass is 9.78. The number of nitrogens with two attached hydrogens (primary N) is 1. The van der Waals surface area contributed by atoms with E-state index >= 15 is 0 Å². The van der Waals surface area contributed by atoms with Crippen LogP contribution in [0.5, 0.6) is 0 Å². The summed E-state index contributed by atoms with van der Waals surface area (Å²) in [5.41, 5.74) is 0.396. The van der Waals surface area contributed by atoms with Gasteiger partial charge in [0.25, 0.3) is 0 Å². The van der Waals surface area contributed by atoms with Gasteiger partial charge in [-0.1, -0.05) is 32.9 Å². The lowest BCUT2D eigenvalue weighted by molar-refractivity contribution is -0.151. The number of hydrogen-bond donors (Lipinski definition) is 1. The largest absolute Gasteiger partial charge is 0.494 e. The first-order valence-electron chi connectivity index (χ1n) is 11.5. The van der Waals surface area contributed by atoms with Crippen LogP contribution in [0.2, 0.25) is 0 Å². The van der Waals surface area contributed by atoms with Crippen molar-refractivity contribution in [2.45, 2.75) is 96.9 Å². The van der Waals surface area contributed by atoms with Crippen LogP contribution in [0.1, 0.15) is 73.3 Å². The van der Waals surface area contributed by atoms with Crippen LogP contribution in [0.3, 0.4) is 0 Å². The second-order valence-electron chi connectivity index (χ2n) is 11.6. The second kappa shape index (κ2) is 8.94. The van der Waals surface area contributed by atoms with Crippen molar-refractivity contribution in [1.82, 2.24) is 4.57 Å². The molecule has 1 aromatic heterocycles. The van der Waals surface area contributed by atoms with E-state index in [4.69, 9.17) is 14.4 Å². The number of fused-ring (bicyclic) bond motifs is 1. The Bertz CT molecular complexity index is 1060. The Labute approximate surface area is 203 Å². The van der Waals surface area contributed by atoms with Crippen molar-refractivity contribution >= 4 is 34.5 Å². The molecule has 1 fully saturated rings. The summed E-state index contributed by atoms with van der Waals surface area (Å²) >= 11 is 0. The fourth-order valence-corrected chi connectivity index (χ4v) is 4.63. The van der Waals surface area contributed by atoms with Crippen molar-refractivity contribution < 1.29 is 26.7 Å². The van der Waals surface area contributed by atoms with Crippen molar-refractivity contribution in [1.29, 1.82) is 0 Å². The topological polar surface area (TPSA) is 66.5 Å². The standard InChI is InChI=1S/C24H36BF3N2O3S/c1-15(34(29)31)11-19(24(26,27)28)18-13-30(14-21(2,3)4)20-12-16(9-10-17(18)20)25-32-22(5,6)23(7,8)33-25/h9-10,12-13,15,19H,11,14,29H2,1-8H3/t15?,19-,34?/m0/s1. The fourth-order valence-electron chi connectivity index (χ4n) is 4.25. The third-order valence-corrected chi connectivity index (χ3v) is 7.83. The first kappa shape index (κ1) is 27.2. The van der Waals surface area contributed by atoms with Gasteiger partial charge in [-0.25, -0.2) is 4.21 Å². The molecule has 0 amide bonds. The molecule has 1 saturated heterocycles. The molecule has 0 bridgehead atoms. The minimum atomic E-state index is -4.50. The Hall–Kier alpha value is -1.36. The Kier molecular flexibility index (Phi) is 7.16. The number of hydrogen-bond acceptors (Lipinski definition) is 3. The quantitative estimate of drug-likeness (QED) is 0.566. The highest BCUT2D eigenvalue weighted by Crippen LogP contribution is 2.43. The van der Waals surface area contributed by atoms with E-state index in [-0.39, 0.29) is 17.4 Å². The summed E-state index contributed by atoms with van der Waals surface area (Å²) in [5.74, 6) is -1.78. The molecule has 2 N–H and O–H groups in total. The molecule has 1 aliphatic rings. The van der Waals surface area contributed by atoms with Crippen molar-refractivity contribution in [3.8, 4) is 0 Å². The summed E-state index contributed by atoms with van der Waals surface area (Å²) in [6.07, 6.45) is -3.26.